The van der Waals surface area contributed by atoms with Gasteiger partial charge in [0.25, 0.3) is 5.91 Å². The van der Waals surface area contributed by atoms with E-state index in [0.29, 0.717) is 6.42 Å². The lowest BCUT2D eigenvalue weighted by Crippen LogP contribution is -2.56. The third-order valence-corrected chi connectivity index (χ3v) is 4.10. The van der Waals surface area contributed by atoms with Crippen molar-refractivity contribution < 1.29 is 9.90 Å². The third-order valence-electron chi connectivity index (χ3n) is 3.26. The molecule has 0 bridgehead atoms. The van der Waals surface area contributed by atoms with Gasteiger partial charge in [-0.05, 0) is 47.8 Å². The number of piperidine rings is 1. The molecule has 1 amide bonds. The topological polar surface area (TPSA) is 79.4 Å². The largest absolute Gasteiger partial charge is 0.378 e. The summed E-state index contributed by atoms with van der Waals surface area (Å²) in [4.78, 5) is 17.6. The average Bonchev–Trinajstić information content (AvgIpc) is 2.32. The maximum Gasteiger partial charge on any atom is 0.251 e. The first-order valence-electron chi connectivity index (χ1n) is 5.83. The van der Waals surface area contributed by atoms with Gasteiger partial charge in [0.1, 0.15) is 5.82 Å². The minimum Gasteiger partial charge on any atom is -0.378 e. The fourth-order valence-electron chi connectivity index (χ4n) is 2.14. The SMILES string of the molecule is Cc1nc(N2CCC[C@](O)(C(N)=O)C2)ccc1Br. The summed E-state index contributed by atoms with van der Waals surface area (Å²) >= 11 is 3.39. The molecule has 0 unspecified atom stereocenters. The highest BCUT2D eigenvalue weighted by atomic mass is 79.9. The zero-order chi connectivity index (χ0) is 13.3. The van der Waals surface area contributed by atoms with Gasteiger partial charge >= 0.3 is 0 Å². The summed E-state index contributed by atoms with van der Waals surface area (Å²) in [5.74, 6) is 0.0936. The van der Waals surface area contributed by atoms with E-state index in [1.54, 1.807) is 0 Å². The number of pyridine rings is 1. The number of hydrogen-bond acceptors (Lipinski definition) is 4. The molecule has 3 N–H and O–H groups in total. The highest BCUT2D eigenvalue weighted by molar-refractivity contribution is 9.10. The molecule has 1 fully saturated rings. The first-order valence-corrected chi connectivity index (χ1v) is 6.62. The lowest BCUT2D eigenvalue weighted by Gasteiger charge is -2.37. The van der Waals surface area contributed by atoms with E-state index in [4.69, 9.17) is 5.73 Å². The molecule has 1 aromatic heterocycles. The minimum atomic E-state index is -1.44. The van der Waals surface area contributed by atoms with Crippen LogP contribution in [0, 0.1) is 6.92 Å². The molecule has 0 aliphatic carbocycles. The summed E-state index contributed by atoms with van der Waals surface area (Å²) in [5, 5.41) is 10.2. The van der Waals surface area contributed by atoms with Crippen molar-refractivity contribution in [2.75, 3.05) is 18.0 Å². The second kappa shape index (κ2) is 4.85. The van der Waals surface area contributed by atoms with E-state index >= 15 is 0 Å². The number of aromatic nitrogens is 1. The van der Waals surface area contributed by atoms with Gasteiger partial charge < -0.3 is 15.7 Å². The Hall–Kier alpha value is -1.14. The summed E-state index contributed by atoms with van der Waals surface area (Å²) in [6.07, 6.45) is 1.13. The van der Waals surface area contributed by atoms with Gasteiger partial charge in [0.2, 0.25) is 0 Å². The number of anilines is 1. The van der Waals surface area contributed by atoms with Gasteiger partial charge in [-0.2, -0.15) is 0 Å². The molecule has 98 valence electrons. The van der Waals surface area contributed by atoms with E-state index < -0.39 is 11.5 Å². The molecule has 1 saturated heterocycles. The predicted octanol–water partition coefficient (Wildman–Crippen LogP) is 0.969. The minimum absolute atomic E-state index is 0.205. The van der Waals surface area contributed by atoms with Crippen molar-refractivity contribution in [3.8, 4) is 0 Å². The Labute approximate surface area is 114 Å². The van der Waals surface area contributed by atoms with Gasteiger partial charge in [-0.3, -0.25) is 4.79 Å². The van der Waals surface area contributed by atoms with Crippen molar-refractivity contribution in [1.82, 2.24) is 4.98 Å². The Bertz CT molecular complexity index is 480. The smallest absolute Gasteiger partial charge is 0.251 e. The summed E-state index contributed by atoms with van der Waals surface area (Å²) in [6.45, 7) is 2.87. The Kier molecular flexibility index (Phi) is 3.59. The molecule has 0 saturated carbocycles. The lowest BCUT2D eigenvalue weighted by atomic mass is 9.92. The van der Waals surface area contributed by atoms with E-state index in [2.05, 4.69) is 20.9 Å². The molecular formula is C12H16BrN3O2. The number of rotatable bonds is 2. The fourth-order valence-corrected chi connectivity index (χ4v) is 2.36. The molecule has 1 atom stereocenters. The Morgan fingerprint density at radius 3 is 2.94 bits per heavy atom. The van der Waals surface area contributed by atoms with Crippen molar-refractivity contribution in [3.05, 3.63) is 22.3 Å². The normalized spacial score (nSPS) is 24.1. The third kappa shape index (κ3) is 2.49. The zero-order valence-electron chi connectivity index (χ0n) is 10.2. The number of nitrogens with two attached hydrogens (primary N) is 1. The molecule has 18 heavy (non-hydrogen) atoms. The van der Waals surface area contributed by atoms with Gasteiger partial charge in [-0.25, -0.2) is 4.98 Å². The molecule has 0 aromatic carbocycles. The van der Waals surface area contributed by atoms with Crippen molar-refractivity contribution in [2.24, 2.45) is 5.73 Å². The van der Waals surface area contributed by atoms with Crippen LogP contribution in [0.3, 0.4) is 0 Å². The molecule has 0 radical (unpaired) electrons. The van der Waals surface area contributed by atoms with Crippen LogP contribution in [0.5, 0.6) is 0 Å². The van der Waals surface area contributed by atoms with Crippen molar-refractivity contribution in [1.29, 1.82) is 0 Å². The number of β-amino-alcohol motifs (C(OH)–C–C–N with tert-alkyl or cyclic N) is 1. The number of carbonyl (C=O) groups excluding carboxylic acids is 1. The van der Waals surface area contributed by atoms with E-state index in [9.17, 15) is 9.90 Å². The second-order valence-corrected chi connectivity index (χ2v) is 5.51. The Balaban J connectivity index is 2.23. The zero-order valence-corrected chi connectivity index (χ0v) is 11.8. The van der Waals surface area contributed by atoms with Gasteiger partial charge in [0.15, 0.2) is 5.60 Å². The maximum absolute atomic E-state index is 11.3. The summed E-state index contributed by atoms with van der Waals surface area (Å²) in [7, 11) is 0. The molecule has 1 aliphatic heterocycles. The van der Waals surface area contributed by atoms with Crippen molar-refractivity contribution in [3.63, 3.8) is 0 Å². The molecule has 1 aliphatic rings. The standard InChI is InChI=1S/C12H16BrN3O2/c1-8-9(13)3-4-10(15-8)16-6-2-5-12(18,7-16)11(14)17/h3-4,18H,2,5-7H2,1H3,(H2,14,17)/t12-/m1/s1. The van der Waals surface area contributed by atoms with E-state index in [-0.39, 0.29) is 6.54 Å². The maximum atomic E-state index is 11.3. The van der Waals surface area contributed by atoms with Gasteiger partial charge in [-0.15, -0.1) is 0 Å². The number of carbonyl (C=O) groups is 1. The van der Waals surface area contributed by atoms with Crippen LogP contribution in [0.25, 0.3) is 0 Å². The molecular weight excluding hydrogens is 298 g/mol. The Morgan fingerprint density at radius 2 is 2.33 bits per heavy atom. The van der Waals surface area contributed by atoms with Crippen LogP contribution < -0.4 is 10.6 Å². The van der Waals surface area contributed by atoms with Crippen molar-refractivity contribution in [2.45, 2.75) is 25.4 Å². The van der Waals surface area contributed by atoms with Crippen LogP contribution in [0.15, 0.2) is 16.6 Å². The van der Waals surface area contributed by atoms with Gasteiger partial charge in [0, 0.05) is 11.0 Å². The van der Waals surface area contributed by atoms with Crippen LogP contribution in [0.1, 0.15) is 18.5 Å². The molecule has 5 nitrogen and oxygen atoms in total. The number of halogens is 1. The first kappa shape index (κ1) is 13.3. The Morgan fingerprint density at radius 1 is 1.61 bits per heavy atom. The van der Waals surface area contributed by atoms with Crippen LogP contribution in [-0.2, 0) is 4.79 Å². The second-order valence-electron chi connectivity index (χ2n) is 4.66. The highest BCUT2D eigenvalue weighted by Gasteiger charge is 2.39. The molecule has 2 rings (SSSR count). The van der Waals surface area contributed by atoms with E-state index in [1.807, 2.05) is 24.0 Å². The number of hydrogen-bond donors (Lipinski definition) is 2. The number of amides is 1. The predicted molar refractivity (Wildman–Crippen MR) is 72.3 cm³/mol. The average molecular weight is 314 g/mol. The van der Waals surface area contributed by atoms with Crippen LogP contribution in [0.2, 0.25) is 0 Å². The molecule has 0 spiro atoms. The van der Waals surface area contributed by atoms with Crippen LogP contribution in [-0.4, -0.2) is 34.7 Å². The fraction of sp³-hybridized carbons (Fsp3) is 0.500. The highest BCUT2D eigenvalue weighted by Crippen LogP contribution is 2.26. The van der Waals surface area contributed by atoms with E-state index in [0.717, 1.165) is 29.0 Å². The summed E-state index contributed by atoms with van der Waals surface area (Å²) < 4.78 is 0.938. The van der Waals surface area contributed by atoms with Crippen LogP contribution in [0.4, 0.5) is 5.82 Å². The molecule has 2 heterocycles. The monoisotopic (exact) mass is 313 g/mol. The quantitative estimate of drug-likeness (QED) is 0.852. The summed E-state index contributed by atoms with van der Waals surface area (Å²) in [5.41, 5.74) is 4.68. The number of aliphatic hydroxyl groups is 1. The number of primary amides is 1. The van der Waals surface area contributed by atoms with Gasteiger partial charge in [-0.1, -0.05) is 0 Å². The van der Waals surface area contributed by atoms with E-state index in [1.165, 1.54) is 0 Å². The van der Waals surface area contributed by atoms with Crippen molar-refractivity contribution >= 4 is 27.7 Å². The molecule has 1 aromatic rings. The molecule has 6 heteroatoms. The summed E-state index contributed by atoms with van der Waals surface area (Å²) in [6, 6.07) is 3.78. The number of aryl methyl sites for hydroxylation is 1. The van der Waals surface area contributed by atoms with Crippen LogP contribution >= 0.6 is 15.9 Å². The van der Waals surface area contributed by atoms with Gasteiger partial charge in [0.05, 0.1) is 12.2 Å². The first-order chi connectivity index (χ1) is 8.42. The number of nitrogens with zero attached hydrogens (tertiary/aromatic N) is 2. The lowest BCUT2D eigenvalue weighted by molar-refractivity contribution is -0.137.